The fraction of sp³-hybridized carbons (Fsp3) is 0.250. The van der Waals surface area contributed by atoms with Gasteiger partial charge in [-0.3, -0.25) is 0 Å². The Kier molecular flexibility index (Phi) is 2.52. The van der Waals surface area contributed by atoms with Gasteiger partial charge in [-0.1, -0.05) is 23.7 Å². The molecule has 16 heavy (non-hydrogen) atoms. The van der Waals surface area contributed by atoms with Crippen molar-refractivity contribution >= 4 is 27.5 Å². The molecule has 0 atom stereocenters. The monoisotopic (exact) mass is 296 g/mol. The Morgan fingerprint density at radius 3 is 2.81 bits per heavy atom. The normalized spacial score (nSPS) is 14.1. The zero-order valence-corrected chi connectivity index (χ0v) is 10.9. The average molecular weight is 298 g/mol. The minimum atomic E-state index is 0.763. The second-order valence-corrected chi connectivity index (χ2v) is 5.15. The number of hydrogen-bond acceptors (Lipinski definition) is 1. The topological polar surface area (TPSA) is 17.8 Å². The van der Waals surface area contributed by atoms with Crippen LogP contribution in [0.2, 0.25) is 5.15 Å². The van der Waals surface area contributed by atoms with Crippen molar-refractivity contribution in [3.63, 3.8) is 0 Å². The highest BCUT2D eigenvalue weighted by atomic mass is 79.9. The van der Waals surface area contributed by atoms with Gasteiger partial charge in [-0.25, -0.2) is 4.68 Å². The third kappa shape index (κ3) is 1.50. The third-order valence-corrected chi connectivity index (χ3v) is 3.98. The van der Waals surface area contributed by atoms with E-state index >= 15 is 0 Å². The molecule has 1 aromatic carbocycles. The lowest BCUT2D eigenvalue weighted by atomic mass is 10.3. The maximum absolute atomic E-state index is 6.36. The summed E-state index contributed by atoms with van der Waals surface area (Å²) in [6.07, 6.45) is 3.28. The number of aryl methyl sites for hydroxylation is 1. The molecule has 2 aromatic rings. The molecule has 82 valence electrons. The maximum atomic E-state index is 6.36. The van der Waals surface area contributed by atoms with Gasteiger partial charge in [0, 0.05) is 10.0 Å². The minimum absolute atomic E-state index is 0.763. The summed E-state index contributed by atoms with van der Waals surface area (Å²) in [6, 6.07) is 7.98. The predicted molar refractivity (Wildman–Crippen MR) is 68.3 cm³/mol. The molecule has 0 unspecified atom stereocenters. The molecule has 0 fully saturated rings. The predicted octanol–water partition coefficient (Wildman–Crippen LogP) is 3.78. The van der Waals surface area contributed by atoms with Crippen LogP contribution in [0, 0.1) is 0 Å². The molecule has 0 saturated carbocycles. The molecule has 0 spiro atoms. The molecule has 1 aromatic heterocycles. The minimum Gasteiger partial charge on any atom is -0.221 e. The lowest BCUT2D eigenvalue weighted by molar-refractivity contribution is 0.799. The van der Waals surface area contributed by atoms with Crippen molar-refractivity contribution in [3.8, 4) is 5.69 Å². The SMILES string of the molecule is Clc1c2c(nn1-c1ccccc1Br)CCC2. The van der Waals surface area contributed by atoms with E-state index in [2.05, 4.69) is 21.0 Å². The highest BCUT2D eigenvalue weighted by molar-refractivity contribution is 9.10. The maximum Gasteiger partial charge on any atom is 0.136 e. The van der Waals surface area contributed by atoms with Crippen LogP contribution in [0.15, 0.2) is 28.7 Å². The van der Waals surface area contributed by atoms with Gasteiger partial charge in [0.05, 0.1) is 11.4 Å². The second kappa shape index (κ2) is 3.90. The summed E-state index contributed by atoms with van der Waals surface area (Å²) >= 11 is 9.88. The van der Waals surface area contributed by atoms with E-state index < -0.39 is 0 Å². The van der Waals surface area contributed by atoms with Crippen molar-refractivity contribution in [1.82, 2.24) is 9.78 Å². The van der Waals surface area contributed by atoms with Crippen LogP contribution >= 0.6 is 27.5 Å². The summed E-state index contributed by atoms with van der Waals surface area (Å²) < 4.78 is 2.84. The highest BCUT2D eigenvalue weighted by Crippen LogP contribution is 2.32. The van der Waals surface area contributed by atoms with Crippen molar-refractivity contribution < 1.29 is 0 Å². The fourth-order valence-corrected chi connectivity index (χ4v) is 2.92. The summed E-state index contributed by atoms with van der Waals surface area (Å²) in [5.41, 5.74) is 3.38. The molecule has 4 heteroatoms. The Bertz CT molecular complexity index is 548. The molecule has 2 nitrogen and oxygen atoms in total. The Labute approximate surface area is 107 Å². The van der Waals surface area contributed by atoms with Crippen molar-refractivity contribution in [1.29, 1.82) is 0 Å². The lowest BCUT2D eigenvalue weighted by Crippen LogP contribution is -1.99. The number of halogens is 2. The lowest BCUT2D eigenvalue weighted by Gasteiger charge is -2.06. The van der Waals surface area contributed by atoms with E-state index in [1.807, 2.05) is 28.9 Å². The van der Waals surface area contributed by atoms with Crippen molar-refractivity contribution in [2.45, 2.75) is 19.3 Å². The van der Waals surface area contributed by atoms with Crippen LogP contribution in [0.4, 0.5) is 0 Å². The number of hydrogen-bond donors (Lipinski definition) is 0. The van der Waals surface area contributed by atoms with E-state index in [9.17, 15) is 0 Å². The van der Waals surface area contributed by atoms with Gasteiger partial charge in [0.1, 0.15) is 5.15 Å². The Morgan fingerprint density at radius 2 is 2.06 bits per heavy atom. The van der Waals surface area contributed by atoms with Gasteiger partial charge < -0.3 is 0 Å². The van der Waals surface area contributed by atoms with Crippen LogP contribution in [-0.4, -0.2) is 9.78 Å². The molecule has 1 aliphatic carbocycles. The first kappa shape index (κ1) is 10.4. The third-order valence-electron chi connectivity index (χ3n) is 2.93. The van der Waals surface area contributed by atoms with Gasteiger partial charge in [0.15, 0.2) is 0 Å². The van der Waals surface area contributed by atoms with Gasteiger partial charge in [-0.2, -0.15) is 5.10 Å². The zero-order valence-electron chi connectivity index (χ0n) is 8.58. The Balaban J connectivity index is 2.18. The molecule has 0 saturated heterocycles. The van der Waals surface area contributed by atoms with E-state index in [1.54, 1.807) is 0 Å². The van der Waals surface area contributed by atoms with E-state index in [1.165, 1.54) is 12.0 Å². The molecule has 3 rings (SSSR count). The van der Waals surface area contributed by atoms with E-state index in [0.29, 0.717) is 0 Å². The summed E-state index contributed by atoms with van der Waals surface area (Å²) in [7, 11) is 0. The van der Waals surface area contributed by atoms with E-state index in [0.717, 1.165) is 33.8 Å². The molecule has 1 aliphatic rings. The summed E-state index contributed by atoms with van der Waals surface area (Å²) in [5, 5.41) is 5.34. The van der Waals surface area contributed by atoms with Crippen LogP contribution in [0.5, 0.6) is 0 Å². The zero-order chi connectivity index (χ0) is 11.1. The molecular weight excluding hydrogens is 288 g/mol. The van der Waals surface area contributed by atoms with Gasteiger partial charge in [0.2, 0.25) is 0 Å². The van der Waals surface area contributed by atoms with Gasteiger partial charge in [-0.05, 0) is 47.3 Å². The smallest absolute Gasteiger partial charge is 0.136 e. The quantitative estimate of drug-likeness (QED) is 0.783. The van der Waals surface area contributed by atoms with E-state index in [4.69, 9.17) is 11.6 Å². The number of aromatic nitrogens is 2. The Hall–Kier alpha value is -0.800. The number of benzene rings is 1. The second-order valence-electron chi connectivity index (χ2n) is 3.93. The van der Waals surface area contributed by atoms with Crippen LogP contribution < -0.4 is 0 Å². The molecule has 0 N–H and O–H groups in total. The number of nitrogens with zero attached hydrogens (tertiary/aromatic N) is 2. The molecule has 1 heterocycles. The summed E-state index contributed by atoms with van der Waals surface area (Å²) in [4.78, 5) is 0. The highest BCUT2D eigenvalue weighted by Gasteiger charge is 2.22. The number of para-hydroxylation sites is 1. The number of fused-ring (bicyclic) bond motifs is 1. The first-order chi connectivity index (χ1) is 7.77. The van der Waals surface area contributed by atoms with Gasteiger partial charge >= 0.3 is 0 Å². The van der Waals surface area contributed by atoms with E-state index in [-0.39, 0.29) is 0 Å². The average Bonchev–Trinajstić information content (AvgIpc) is 2.83. The van der Waals surface area contributed by atoms with Crippen LogP contribution in [0.1, 0.15) is 17.7 Å². The van der Waals surface area contributed by atoms with Crippen molar-refractivity contribution in [2.24, 2.45) is 0 Å². The number of rotatable bonds is 1. The first-order valence-electron chi connectivity index (χ1n) is 5.28. The molecule has 0 radical (unpaired) electrons. The standard InChI is InChI=1S/C12H10BrClN2/c13-9-5-1-2-7-11(9)16-12(14)8-4-3-6-10(8)15-16/h1-2,5,7H,3-4,6H2. The largest absolute Gasteiger partial charge is 0.221 e. The van der Waals surface area contributed by atoms with Crippen molar-refractivity contribution in [2.75, 3.05) is 0 Å². The summed E-state index contributed by atoms with van der Waals surface area (Å²) in [5.74, 6) is 0. The van der Waals surface area contributed by atoms with Crippen LogP contribution in [0.3, 0.4) is 0 Å². The molecule has 0 aliphatic heterocycles. The first-order valence-corrected chi connectivity index (χ1v) is 6.45. The molecule has 0 amide bonds. The molecular formula is C12H10BrClN2. The van der Waals surface area contributed by atoms with Gasteiger partial charge in [-0.15, -0.1) is 0 Å². The van der Waals surface area contributed by atoms with Crippen LogP contribution in [0.25, 0.3) is 5.69 Å². The fourth-order valence-electron chi connectivity index (χ4n) is 2.14. The molecule has 0 bridgehead atoms. The van der Waals surface area contributed by atoms with Gasteiger partial charge in [0.25, 0.3) is 0 Å². The van der Waals surface area contributed by atoms with Crippen LogP contribution in [-0.2, 0) is 12.8 Å². The summed E-state index contributed by atoms with van der Waals surface area (Å²) in [6.45, 7) is 0. The van der Waals surface area contributed by atoms with Crippen molar-refractivity contribution in [3.05, 3.63) is 45.1 Å². The Morgan fingerprint density at radius 1 is 1.25 bits per heavy atom.